The summed E-state index contributed by atoms with van der Waals surface area (Å²) in [6, 6.07) is 11.0. The molecule has 0 unspecified atom stereocenters. The first-order valence-corrected chi connectivity index (χ1v) is 5.18. The first-order valence-electron chi connectivity index (χ1n) is 5.18. The molecule has 1 aromatic heterocycles. The molecule has 0 saturated carbocycles. The zero-order valence-electron chi connectivity index (χ0n) is 9.32. The maximum atomic E-state index is 4.49. The van der Waals surface area contributed by atoms with Gasteiger partial charge in [0.15, 0.2) is 0 Å². The molecule has 16 heavy (non-hydrogen) atoms. The van der Waals surface area contributed by atoms with Gasteiger partial charge in [0.05, 0.1) is 5.82 Å². The molecule has 0 atom stereocenters. The zero-order chi connectivity index (χ0) is 10.7. The largest absolute Gasteiger partial charge is 0.289 e. The summed E-state index contributed by atoms with van der Waals surface area (Å²) in [5.41, 5.74) is 0.995. The molecule has 2 aromatic rings. The van der Waals surface area contributed by atoms with Crippen LogP contribution in [0.3, 0.4) is 0 Å². The Hall–Kier alpha value is -2.64. The second-order valence-corrected chi connectivity index (χ2v) is 3.50. The smallest absolute Gasteiger partial charge is 0.140 e. The maximum absolute atomic E-state index is 4.49. The number of aromatic nitrogens is 3. The summed E-state index contributed by atoms with van der Waals surface area (Å²) < 4.78 is 1.82. The summed E-state index contributed by atoms with van der Waals surface area (Å²) in [7, 11) is 1.92. The van der Waals surface area contributed by atoms with Crippen LogP contribution in [0.5, 0.6) is 0 Å². The van der Waals surface area contributed by atoms with E-state index >= 15 is 0 Å². The van der Waals surface area contributed by atoms with Crippen molar-refractivity contribution in [3.05, 3.63) is 36.2 Å². The number of aryl methyl sites for hydroxylation is 2. The molecule has 0 amide bonds. The van der Waals surface area contributed by atoms with Gasteiger partial charge in [-0.3, -0.25) is 9.67 Å². The quantitative estimate of drug-likeness (QED) is 0.656. The Bertz CT molecular complexity index is 437. The molecule has 1 heterocycles. The number of hydrogen-bond donors (Lipinski definition) is 0. The first-order chi connectivity index (χ1) is 7.31. The van der Waals surface area contributed by atoms with Gasteiger partial charge in [0.1, 0.15) is 5.82 Å². The molecular weight excluding hydrogens is 448 g/mol. The minimum atomic E-state index is 0. The van der Waals surface area contributed by atoms with E-state index in [-0.39, 0.29) is 0 Å². The summed E-state index contributed by atoms with van der Waals surface area (Å²) >= 11 is 0. The first kappa shape index (κ1) is 11.4. The van der Waals surface area contributed by atoms with Crippen molar-refractivity contribution in [2.75, 3.05) is 0 Å². The summed E-state index contributed by atoms with van der Waals surface area (Å²) in [4.78, 5) is 4.49. The van der Waals surface area contributed by atoms with Crippen LogP contribution in [0.25, 0.3) is 11.4 Å². The molecule has 1 aromatic carbocycles. The van der Waals surface area contributed by atoms with Gasteiger partial charge in [-0.2, -0.15) is 5.10 Å². The summed E-state index contributed by atoms with van der Waals surface area (Å²) in [5, 5.41) is 4.36. The minimum Gasteiger partial charge on any atom is -0.289 e. The fourth-order valence-corrected chi connectivity index (χ4v) is 1.53. The Balaban J connectivity index is 0.00000128. The molecule has 0 aliphatic heterocycles. The fourth-order valence-electron chi connectivity index (χ4n) is 1.53. The zero-order valence-corrected chi connectivity index (χ0v) is 11.5. The van der Waals surface area contributed by atoms with E-state index in [9.17, 15) is 0 Å². The van der Waals surface area contributed by atoms with Gasteiger partial charge < -0.3 is 0 Å². The van der Waals surface area contributed by atoms with Crippen molar-refractivity contribution >= 4 is 0 Å². The molecule has 0 aliphatic carbocycles. The van der Waals surface area contributed by atoms with Crippen LogP contribution >= 0.6 is 0 Å². The van der Waals surface area contributed by atoms with E-state index in [0.29, 0.717) is 0 Å². The molecular formula is C12H14LrN3-. The van der Waals surface area contributed by atoms with Crippen LogP contribution in [0.15, 0.2) is 24.3 Å². The topological polar surface area (TPSA) is 30.7 Å². The molecule has 93 valence electrons. The molecule has 0 spiro atoms. The Kier molecular flexibility index (Phi) is 3.38. The Morgan fingerprint density at radius 2 is 2.19 bits per heavy atom. The molecule has 1 radical (unpaired) electrons. The third-order valence-corrected chi connectivity index (χ3v) is 2.23. The number of benzene rings is 1. The number of nitrogens with zero attached hydrogens (tertiary/aromatic N) is 3. The minimum absolute atomic E-state index is 0. The number of hydrogen-bond acceptors (Lipinski definition) is 2. The normalized spacial score (nSPS) is 9.88. The van der Waals surface area contributed by atoms with Gasteiger partial charge in [-0.25, -0.2) is 0 Å². The van der Waals surface area contributed by atoms with Gasteiger partial charge in [-0.1, -0.05) is 6.92 Å². The molecule has 0 aliphatic rings. The van der Waals surface area contributed by atoms with Crippen molar-refractivity contribution in [3.8, 4) is 11.4 Å². The van der Waals surface area contributed by atoms with Gasteiger partial charge in [-0.15, -0.1) is 35.9 Å². The van der Waals surface area contributed by atoms with Gasteiger partial charge in [0.25, 0.3) is 0 Å². The van der Waals surface area contributed by atoms with Crippen molar-refractivity contribution in [3.63, 3.8) is 0 Å². The molecule has 2 rings (SSSR count). The predicted octanol–water partition coefficient (Wildman–Crippen LogP) is 2.23. The second kappa shape index (κ2) is 4.73. The average molecular weight is 462 g/mol. The van der Waals surface area contributed by atoms with E-state index < -0.39 is 0 Å². The van der Waals surface area contributed by atoms with Crippen LogP contribution in [0.2, 0.25) is 0 Å². The summed E-state index contributed by atoms with van der Waals surface area (Å²) in [6.45, 7) is 2.13. The Labute approximate surface area is 89.8 Å². The standard InChI is InChI=1S/C12H14N3.Lr/c1-3-7-11-13-12(15(2)14-11)10-8-5-4-6-9-10;/h4-6,8H,3,7H2,1-2H3;/q-1;. The van der Waals surface area contributed by atoms with E-state index in [1.54, 1.807) is 0 Å². The van der Waals surface area contributed by atoms with Crippen LogP contribution in [0.1, 0.15) is 19.2 Å². The average Bonchev–Trinajstić information content (AvgIpc) is 2.61. The van der Waals surface area contributed by atoms with E-state index in [0.717, 1.165) is 30.1 Å². The van der Waals surface area contributed by atoms with Crippen molar-refractivity contribution in [2.24, 2.45) is 7.05 Å². The van der Waals surface area contributed by atoms with Crippen molar-refractivity contribution in [1.29, 1.82) is 0 Å². The van der Waals surface area contributed by atoms with Gasteiger partial charge in [0.2, 0.25) is 0 Å². The summed E-state index contributed by atoms with van der Waals surface area (Å²) in [6.07, 6.45) is 2.00. The molecule has 3 nitrogen and oxygen atoms in total. The van der Waals surface area contributed by atoms with E-state index in [1.165, 1.54) is 0 Å². The molecule has 0 N–H and O–H groups in total. The van der Waals surface area contributed by atoms with E-state index in [4.69, 9.17) is 0 Å². The molecule has 4 heteroatoms. The monoisotopic (exact) mass is 462 g/mol. The van der Waals surface area contributed by atoms with E-state index in [1.807, 2.05) is 36.0 Å². The fraction of sp³-hybridized carbons (Fsp3) is 0.333. The van der Waals surface area contributed by atoms with Gasteiger partial charge in [-0.05, 0) is 6.42 Å². The maximum Gasteiger partial charge on any atom is 0.140 e. The molecule has 0 fully saturated rings. The molecule has 0 bridgehead atoms. The van der Waals surface area contributed by atoms with Crippen molar-refractivity contribution in [1.82, 2.24) is 14.8 Å². The third kappa shape index (κ3) is 2.05. The molecule has 0 saturated heterocycles. The van der Waals surface area contributed by atoms with Crippen LogP contribution in [-0.2, 0) is 13.5 Å². The number of rotatable bonds is 3. The Morgan fingerprint density at radius 3 is 2.81 bits per heavy atom. The van der Waals surface area contributed by atoms with Crippen LogP contribution in [0.4, 0.5) is 0 Å². The Morgan fingerprint density at radius 1 is 1.38 bits per heavy atom. The third-order valence-electron chi connectivity index (χ3n) is 2.23. The second-order valence-electron chi connectivity index (χ2n) is 3.50. The van der Waals surface area contributed by atoms with Gasteiger partial charge >= 0.3 is 0 Å². The van der Waals surface area contributed by atoms with Crippen molar-refractivity contribution < 1.29 is 0 Å². The van der Waals surface area contributed by atoms with Gasteiger partial charge in [0, 0.05) is 13.5 Å². The van der Waals surface area contributed by atoms with E-state index in [2.05, 4.69) is 23.1 Å². The van der Waals surface area contributed by atoms with Crippen LogP contribution < -0.4 is 0 Å². The SMILES string of the molecule is CCCc1nc(-c2[c-]cccc2)n(C)n1.[Lr]. The van der Waals surface area contributed by atoms with Crippen LogP contribution in [0, 0.1) is 6.07 Å². The van der Waals surface area contributed by atoms with Crippen molar-refractivity contribution in [2.45, 2.75) is 19.8 Å². The van der Waals surface area contributed by atoms with Crippen LogP contribution in [-0.4, -0.2) is 14.8 Å². The predicted molar refractivity (Wildman–Crippen MR) is 59.3 cm³/mol. The summed E-state index contributed by atoms with van der Waals surface area (Å²) in [5.74, 6) is 1.80.